The van der Waals surface area contributed by atoms with Crippen LogP contribution in [0.3, 0.4) is 0 Å². The van der Waals surface area contributed by atoms with Crippen molar-refractivity contribution in [3.8, 4) is 11.8 Å². The average Bonchev–Trinajstić information content (AvgIpc) is 2.31. The van der Waals surface area contributed by atoms with Crippen LogP contribution in [0.25, 0.3) is 0 Å². The van der Waals surface area contributed by atoms with Gasteiger partial charge in [-0.25, -0.2) is 4.98 Å². The predicted molar refractivity (Wildman–Crippen MR) is 40.8 cm³/mol. The molecule has 0 aromatic carbocycles. The van der Waals surface area contributed by atoms with Crippen LogP contribution in [0, 0.1) is 11.8 Å². The Morgan fingerprint density at radius 2 is 2.60 bits per heavy atom. The van der Waals surface area contributed by atoms with E-state index in [0.29, 0.717) is 5.88 Å². The lowest BCUT2D eigenvalue weighted by molar-refractivity contribution is 0.893. The van der Waals surface area contributed by atoms with Gasteiger partial charge >= 0.3 is 0 Å². The van der Waals surface area contributed by atoms with E-state index in [2.05, 4.69) is 16.8 Å². The Morgan fingerprint density at radius 3 is 3.10 bits per heavy atom. The van der Waals surface area contributed by atoms with Gasteiger partial charge in [-0.2, -0.15) is 0 Å². The molecule has 0 bridgehead atoms. The van der Waals surface area contributed by atoms with Crippen LogP contribution >= 0.6 is 11.6 Å². The number of imidazole rings is 1. The summed E-state index contributed by atoms with van der Waals surface area (Å²) in [5.41, 5.74) is 0. The van der Waals surface area contributed by atoms with Crippen molar-refractivity contribution >= 4 is 11.6 Å². The van der Waals surface area contributed by atoms with Crippen molar-refractivity contribution < 1.29 is 0 Å². The zero-order valence-electron chi connectivity index (χ0n) is 5.63. The van der Waals surface area contributed by atoms with Gasteiger partial charge in [0.25, 0.3) is 0 Å². The summed E-state index contributed by atoms with van der Waals surface area (Å²) in [6.07, 6.45) is 3.55. The largest absolute Gasteiger partial charge is 0.327 e. The molecular formula is C7H7ClN2. The van der Waals surface area contributed by atoms with Gasteiger partial charge < -0.3 is 4.57 Å². The molecule has 0 amide bonds. The highest BCUT2D eigenvalue weighted by Gasteiger charge is 1.89. The molecule has 0 spiro atoms. The smallest absolute Gasteiger partial charge is 0.185 e. The normalized spacial score (nSPS) is 8.60. The Morgan fingerprint density at radius 1 is 1.80 bits per heavy atom. The lowest BCUT2D eigenvalue weighted by atomic mass is 10.6. The summed E-state index contributed by atoms with van der Waals surface area (Å²) in [6, 6.07) is 0. The van der Waals surface area contributed by atoms with E-state index in [-0.39, 0.29) is 0 Å². The summed E-state index contributed by atoms with van der Waals surface area (Å²) in [7, 11) is 1.89. The standard InChI is InChI=1S/C7H7ClN2/c1-10-6-5-9-7(10)3-2-4-8/h5-6H,4H2,1H3. The molecule has 1 aromatic heterocycles. The number of rotatable bonds is 0. The average molecular weight is 155 g/mol. The minimum Gasteiger partial charge on any atom is -0.327 e. The van der Waals surface area contributed by atoms with Gasteiger partial charge in [-0.1, -0.05) is 5.92 Å². The van der Waals surface area contributed by atoms with Gasteiger partial charge in [0.15, 0.2) is 5.82 Å². The monoisotopic (exact) mass is 154 g/mol. The molecule has 2 nitrogen and oxygen atoms in total. The molecule has 0 saturated carbocycles. The molecule has 0 unspecified atom stereocenters. The van der Waals surface area contributed by atoms with Gasteiger partial charge in [-0.3, -0.25) is 0 Å². The Hall–Kier alpha value is -0.940. The van der Waals surface area contributed by atoms with Crippen LogP contribution in [0.15, 0.2) is 12.4 Å². The lowest BCUT2D eigenvalue weighted by Crippen LogP contribution is -1.90. The maximum atomic E-state index is 5.36. The molecule has 0 atom stereocenters. The number of halogens is 1. The first kappa shape index (κ1) is 7.17. The molecule has 0 aliphatic heterocycles. The van der Waals surface area contributed by atoms with Crippen LogP contribution in [-0.2, 0) is 7.05 Å². The van der Waals surface area contributed by atoms with E-state index >= 15 is 0 Å². The summed E-state index contributed by atoms with van der Waals surface area (Å²) in [4.78, 5) is 3.98. The Labute approximate surface area is 64.8 Å². The van der Waals surface area contributed by atoms with Gasteiger partial charge in [-0.15, -0.1) is 11.6 Å². The third kappa shape index (κ3) is 1.52. The summed E-state index contributed by atoms with van der Waals surface area (Å²) in [6.45, 7) is 0. The second kappa shape index (κ2) is 3.28. The van der Waals surface area contributed by atoms with E-state index in [1.54, 1.807) is 6.20 Å². The lowest BCUT2D eigenvalue weighted by Gasteiger charge is -1.87. The molecule has 0 saturated heterocycles. The van der Waals surface area contributed by atoms with Gasteiger partial charge in [0.05, 0.1) is 5.88 Å². The Balaban J connectivity index is 2.84. The Kier molecular flexibility index (Phi) is 2.35. The molecule has 52 valence electrons. The fraction of sp³-hybridized carbons (Fsp3) is 0.286. The third-order valence-corrected chi connectivity index (χ3v) is 1.22. The number of aromatic nitrogens is 2. The second-order valence-corrected chi connectivity index (χ2v) is 2.06. The van der Waals surface area contributed by atoms with Crippen LogP contribution in [-0.4, -0.2) is 15.4 Å². The molecule has 0 aliphatic carbocycles. The first-order valence-electron chi connectivity index (χ1n) is 2.86. The van der Waals surface area contributed by atoms with Gasteiger partial charge in [0.1, 0.15) is 0 Å². The highest BCUT2D eigenvalue weighted by Crippen LogP contribution is 1.89. The van der Waals surface area contributed by atoms with E-state index < -0.39 is 0 Å². The molecule has 3 heteroatoms. The summed E-state index contributed by atoms with van der Waals surface area (Å²) in [5.74, 6) is 6.64. The predicted octanol–water partition coefficient (Wildman–Crippen LogP) is 1.01. The number of nitrogens with zero attached hydrogens (tertiary/aromatic N) is 2. The van der Waals surface area contributed by atoms with Crippen LogP contribution in [0.5, 0.6) is 0 Å². The first-order chi connectivity index (χ1) is 4.84. The maximum absolute atomic E-state index is 5.36. The van der Waals surface area contributed by atoms with Gasteiger partial charge in [0, 0.05) is 19.4 Å². The topological polar surface area (TPSA) is 17.8 Å². The molecule has 0 radical (unpaired) electrons. The minimum atomic E-state index is 0.354. The van der Waals surface area contributed by atoms with E-state index in [1.807, 2.05) is 17.8 Å². The molecule has 0 N–H and O–H groups in total. The first-order valence-corrected chi connectivity index (χ1v) is 3.40. The van der Waals surface area contributed by atoms with E-state index in [4.69, 9.17) is 11.6 Å². The minimum absolute atomic E-state index is 0.354. The van der Waals surface area contributed by atoms with Crippen LogP contribution in [0.1, 0.15) is 5.82 Å². The van der Waals surface area contributed by atoms with Crippen LogP contribution in [0.2, 0.25) is 0 Å². The van der Waals surface area contributed by atoms with Crippen molar-refractivity contribution in [1.82, 2.24) is 9.55 Å². The van der Waals surface area contributed by atoms with Gasteiger partial charge in [0.2, 0.25) is 0 Å². The highest BCUT2D eigenvalue weighted by molar-refractivity contribution is 6.19. The van der Waals surface area contributed by atoms with E-state index in [0.717, 1.165) is 5.82 Å². The maximum Gasteiger partial charge on any atom is 0.185 e. The van der Waals surface area contributed by atoms with E-state index in [1.165, 1.54) is 0 Å². The number of aryl methyl sites for hydroxylation is 1. The summed E-state index contributed by atoms with van der Waals surface area (Å²) < 4.78 is 1.85. The fourth-order valence-electron chi connectivity index (χ4n) is 0.599. The van der Waals surface area contributed by atoms with Crippen molar-refractivity contribution in [2.24, 2.45) is 7.05 Å². The van der Waals surface area contributed by atoms with E-state index in [9.17, 15) is 0 Å². The molecule has 1 aromatic rings. The molecular weight excluding hydrogens is 148 g/mol. The zero-order valence-corrected chi connectivity index (χ0v) is 6.39. The Bertz CT molecular complexity index is 267. The van der Waals surface area contributed by atoms with Crippen LogP contribution in [0.4, 0.5) is 0 Å². The molecule has 0 aliphatic rings. The van der Waals surface area contributed by atoms with Crippen molar-refractivity contribution in [2.45, 2.75) is 0 Å². The third-order valence-electron chi connectivity index (χ3n) is 1.09. The molecule has 10 heavy (non-hydrogen) atoms. The van der Waals surface area contributed by atoms with Crippen molar-refractivity contribution in [1.29, 1.82) is 0 Å². The van der Waals surface area contributed by atoms with Crippen molar-refractivity contribution in [3.63, 3.8) is 0 Å². The summed E-state index contributed by atoms with van der Waals surface area (Å²) in [5, 5.41) is 0. The highest BCUT2D eigenvalue weighted by atomic mass is 35.5. The molecule has 0 fully saturated rings. The SMILES string of the molecule is Cn1ccnc1C#CCCl. The van der Waals surface area contributed by atoms with Crippen molar-refractivity contribution in [2.75, 3.05) is 5.88 Å². The zero-order chi connectivity index (χ0) is 7.40. The number of alkyl halides is 1. The molecule has 1 rings (SSSR count). The molecule has 1 heterocycles. The van der Waals surface area contributed by atoms with Crippen LogP contribution < -0.4 is 0 Å². The number of hydrogen-bond acceptors (Lipinski definition) is 1. The summed E-state index contributed by atoms with van der Waals surface area (Å²) >= 11 is 5.36. The number of hydrogen-bond donors (Lipinski definition) is 0. The second-order valence-electron chi connectivity index (χ2n) is 1.80. The fourth-order valence-corrected chi connectivity index (χ4v) is 0.665. The quantitative estimate of drug-likeness (QED) is 0.403. The van der Waals surface area contributed by atoms with Crippen molar-refractivity contribution in [3.05, 3.63) is 18.2 Å². The van der Waals surface area contributed by atoms with Gasteiger partial charge in [-0.05, 0) is 5.92 Å².